The van der Waals surface area contributed by atoms with E-state index in [0.29, 0.717) is 0 Å². The molecule has 3 atom stereocenters. The minimum absolute atomic E-state index is 0.128. The van der Waals surface area contributed by atoms with Crippen LogP contribution in [0.4, 0.5) is 0 Å². The number of hydrogen-bond acceptors (Lipinski definition) is 7. The van der Waals surface area contributed by atoms with E-state index in [2.05, 4.69) is 6.58 Å². The van der Waals surface area contributed by atoms with Crippen LogP contribution in [0.25, 0.3) is 0 Å². The molecule has 212 valence electrons. The van der Waals surface area contributed by atoms with Gasteiger partial charge in [-0.1, -0.05) is 116 Å². The molecule has 3 aromatic carbocycles. The van der Waals surface area contributed by atoms with Gasteiger partial charge < -0.3 is 23.3 Å². The predicted octanol–water partition coefficient (Wildman–Crippen LogP) is 6.54. The molecule has 0 aromatic heterocycles. The van der Waals surface area contributed by atoms with E-state index >= 15 is 0 Å². The van der Waals surface area contributed by atoms with Crippen LogP contribution in [0.15, 0.2) is 116 Å². The second-order valence-corrected chi connectivity index (χ2v) is 11.2. The van der Waals surface area contributed by atoms with Crippen molar-refractivity contribution in [1.29, 1.82) is 0 Å². The number of carbonyl (C=O) groups is 1. The lowest BCUT2D eigenvalue weighted by Gasteiger charge is -2.32. The fourth-order valence-electron chi connectivity index (χ4n) is 3.95. The summed E-state index contributed by atoms with van der Waals surface area (Å²) < 4.78 is 42.1. The summed E-state index contributed by atoms with van der Waals surface area (Å²) in [6, 6.07) is 28.8. The third-order valence-electron chi connectivity index (χ3n) is 6.13. The predicted molar refractivity (Wildman–Crippen MR) is 156 cm³/mol. The standard InChI is InChI=1S/C32H37O7P/c1-4-5-21-30(37-22-26-15-9-6-10-16-26)32(39-24-28-19-13-8-14-20-28)31(29(33)25-40(34,35-2)36-3)38-23-27-17-11-7-12-18-27/h4-21,30-32H,1,22-25H2,2-3H3/b21-5+/t30-,31-,32+/m1/s1. The van der Waals surface area contributed by atoms with Crippen LogP contribution < -0.4 is 0 Å². The van der Waals surface area contributed by atoms with Crippen LogP contribution >= 0.6 is 7.60 Å². The Labute approximate surface area is 236 Å². The Morgan fingerprint density at radius 3 is 1.65 bits per heavy atom. The summed E-state index contributed by atoms with van der Waals surface area (Å²) in [4.78, 5) is 13.8. The van der Waals surface area contributed by atoms with Crippen molar-refractivity contribution in [2.24, 2.45) is 0 Å². The fourth-order valence-corrected chi connectivity index (χ4v) is 4.92. The van der Waals surface area contributed by atoms with Gasteiger partial charge in [0.25, 0.3) is 0 Å². The van der Waals surface area contributed by atoms with Crippen molar-refractivity contribution in [1.82, 2.24) is 0 Å². The molecular formula is C32H37O7P. The van der Waals surface area contributed by atoms with E-state index in [0.717, 1.165) is 16.7 Å². The van der Waals surface area contributed by atoms with Crippen molar-refractivity contribution in [3.63, 3.8) is 0 Å². The first-order valence-corrected chi connectivity index (χ1v) is 14.7. The molecule has 0 fully saturated rings. The molecule has 0 aliphatic rings. The molecule has 0 unspecified atom stereocenters. The number of allylic oxidation sites excluding steroid dienone is 2. The summed E-state index contributed by atoms with van der Waals surface area (Å²) in [6.45, 7) is 4.38. The van der Waals surface area contributed by atoms with Crippen molar-refractivity contribution in [2.75, 3.05) is 20.4 Å². The molecule has 0 heterocycles. The molecule has 0 spiro atoms. The minimum Gasteiger partial charge on any atom is -0.367 e. The van der Waals surface area contributed by atoms with Crippen molar-refractivity contribution >= 4 is 13.4 Å². The maximum Gasteiger partial charge on any atom is 0.337 e. The van der Waals surface area contributed by atoms with Crippen LogP contribution in [0, 0.1) is 0 Å². The highest BCUT2D eigenvalue weighted by Gasteiger charge is 2.39. The molecule has 0 aliphatic carbocycles. The second-order valence-electron chi connectivity index (χ2n) is 8.96. The molecule has 0 radical (unpaired) electrons. The van der Waals surface area contributed by atoms with E-state index in [4.69, 9.17) is 23.3 Å². The van der Waals surface area contributed by atoms with E-state index in [1.807, 2.05) is 91.0 Å². The molecule has 0 saturated carbocycles. The molecule has 0 bridgehead atoms. The Hall–Kier alpha value is -3.16. The van der Waals surface area contributed by atoms with Gasteiger partial charge in [-0.05, 0) is 16.7 Å². The quantitative estimate of drug-likeness (QED) is 0.128. The van der Waals surface area contributed by atoms with Crippen LogP contribution in [0.1, 0.15) is 16.7 Å². The topological polar surface area (TPSA) is 80.3 Å². The van der Waals surface area contributed by atoms with Crippen molar-refractivity contribution in [3.8, 4) is 0 Å². The Balaban J connectivity index is 1.97. The van der Waals surface area contributed by atoms with Crippen molar-refractivity contribution < 1.29 is 32.6 Å². The number of benzene rings is 3. The highest BCUT2D eigenvalue weighted by Crippen LogP contribution is 2.46. The number of ketones is 1. The fraction of sp³-hybridized carbons (Fsp3) is 0.281. The van der Waals surface area contributed by atoms with Gasteiger partial charge in [0.15, 0.2) is 5.78 Å². The zero-order chi connectivity index (χ0) is 28.6. The molecule has 0 amide bonds. The minimum atomic E-state index is -3.68. The normalized spacial score (nSPS) is 14.1. The van der Waals surface area contributed by atoms with Gasteiger partial charge in [-0.25, -0.2) is 0 Å². The number of hydrogen-bond donors (Lipinski definition) is 0. The third kappa shape index (κ3) is 10.1. The van der Waals surface area contributed by atoms with Gasteiger partial charge in [0.05, 0.1) is 19.8 Å². The van der Waals surface area contributed by atoms with Gasteiger partial charge in [0.1, 0.15) is 24.5 Å². The van der Waals surface area contributed by atoms with E-state index in [-0.39, 0.29) is 19.8 Å². The monoisotopic (exact) mass is 564 g/mol. The van der Waals surface area contributed by atoms with Crippen LogP contribution in [-0.2, 0) is 52.4 Å². The zero-order valence-electron chi connectivity index (χ0n) is 23.0. The molecular weight excluding hydrogens is 527 g/mol. The summed E-state index contributed by atoms with van der Waals surface area (Å²) in [5, 5.41) is 0. The molecule has 7 nitrogen and oxygen atoms in total. The number of rotatable bonds is 18. The Bertz CT molecular complexity index is 1220. The third-order valence-corrected chi connectivity index (χ3v) is 7.94. The first kappa shape index (κ1) is 31.4. The highest BCUT2D eigenvalue weighted by molar-refractivity contribution is 7.54. The van der Waals surface area contributed by atoms with Crippen LogP contribution in [0.3, 0.4) is 0 Å². The molecule has 0 saturated heterocycles. The molecule has 0 N–H and O–H groups in total. The zero-order valence-corrected chi connectivity index (χ0v) is 23.9. The molecule has 0 aliphatic heterocycles. The second kappa shape index (κ2) is 16.8. The summed E-state index contributed by atoms with van der Waals surface area (Å²) in [5.74, 6) is -0.485. The number of Topliss-reactive ketones (excluding diaryl/α,β-unsaturated/α-hetero) is 1. The number of ether oxygens (including phenoxy) is 3. The van der Waals surface area contributed by atoms with E-state index in [9.17, 15) is 9.36 Å². The van der Waals surface area contributed by atoms with Gasteiger partial charge >= 0.3 is 7.60 Å². The largest absolute Gasteiger partial charge is 0.367 e. The molecule has 3 rings (SSSR count). The molecule has 40 heavy (non-hydrogen) atoms. The van der Waals surface area contributed by atoms with E-state index in [1.165, 1.54) is 14.2 Å². The van der Waals surface area contributed by atoms with Gasteiger partial charge in [0.2, 0.25) is 0 Å². The van der Waals surface area contributed by atoms with Gasteiger partial charge in [0, 0.05) is 14.2 Å². The first-order chi connectivity index (χ1) is 19.5. The maximum atomic E-state index is 13.8. The molecule has 3 aromatic rings. The number of carbonyl (C=O) groups excluding carboxylic acids is 1. The lowest BCUT2D eigenvalue weighted by atomic mass is 10.0. The van der Waals surface area contributed by atoms with Crippen LogP contribution in [0.5, 0.6) is 0 Å². The first-order valence-electron chi connectivity index (χ1n) is 13.0. The van der Waals surface area contributed by atoms with Gasteiger partial charge in [-0.15, -0.1) is 0 Å². The maximum absolute atomic E-state index is 13.8. The lowest BCUT2D eigenvalue weighted by molar-refractivity contribution is -0.159. The Kier molecular flexibility index (Phi) is 13.2. The van der Waals surface area contributed by atoms with Crippen molar-refractivity contribution in [3.05, 3.63) is 132 Å². The molecule has 8 heteroatoms. The average molecular weight is 565 g/mol. The van der Waals surface area contributed by atoms with E-state index < -0.39 is 37.9 Å². The van der Waals surface area contributed by atoms with Crippen molar-refractivity contribution in [2.45, 2.75) is 38.1 Å². The lowest BCUT2D eigenvalue weighted by Crippen LogP contribution is -2.47. The van der Waals surface area contributed by atoms with Gasteiger partial charge in [-0.2, -0.15) is 0 Å². The smallest absolute Gasteiger partial charge is 0.337 e. The van der Waals surface area contributed by atoms with Gasteiger partial charge in [-0.3, -0.25) is 9.36 Å². The van der Waals surface area contributed by atoms with Crippen LogP contribution in [-0.4, -0.2) is 44.5 Å². The van der Waals surface area contributed by atoms with E-state index in [1.54, 1.807) is 18.2 Å². The Morgan fingerprint density at radius 1 is 0.750 bits per heavy atom. The Morgan fingerprint density at radius 2 is 1.20 bits per heavy atom. The summed E-state index contributed by atoms with van der Waals surface area (Å²) in [5.41, 5.74) is 2.74. The van der Waals surface area contributed by atoms with Crippen LogP contribution in [0.2, 0.25) is 0 Å². The summed E-state index contributed by atoms with van der Waals surface area (Å²) >= 11 is 0. The highest BCUT2D eigenvalue weighted by atomic mass is 31.2. The SMILES string of the molecule is C=C/C=C/[C@@H](OCc1ccccc1)[C@H](OCc1ccccc1)[C@H](OCc1ccccc1)C(=O)CP(=O)(OC)OC. The summed E-state index contributed by atoms with van der Waals surface area (Å²) in [6.07, 6.45) is 1.89. The summed E-state index contributed by atoms with van der Waals surface area (Å²) in [7, 11) is -1.18. The average Bonchev–Trinajstić information content (AvgIpc) is 3.00.